The summed E-state index contributed by atoms with van der Waals surface area (Å²) in [6.07, 6.45) is 5.38. The number of hydrogen-bond acceptors (Lipinski definition) is 3. The maximum Gasteiger partial charge on any atom is 0.290 e. The molecule has 0 spiro atoms. The Kier molecular flexibility index (Phi) is 3.04. The number of nitrogens with one attached hydrogen (secondary N) is 1. The number of carbonyl (C=O) groups excluding carboxylic acids is 1. The molecule has 0 unspecified atom stereocenters. The van der Waals surface area contributed by atoms with E-state index in [1.165, 1.54) is 12.8 Å². The molecule has 0 aromatic carbocycles. The van der Waals surface area contributed by atoms with E-state index in [2.05, 4.69) is 10.5 Å². The monoisotopic (exact) mass is 208 g/mol. The first-order chi connectivity index (χ1) is 7.29. The van der Waals surface area contributed by atoms with Crippen molar-refractivity contribution < 1.29 is 9.32 Å². The number of nitrogens with zero attached hydrogens (tertiary/aromatic N) is 1. The molecular weight excluding hydrogens is 192 g/mol. The molecule has 1 aliphatic rings. The summed E-state index contributed by atoms with van der Waals surface area (Å²) in [7, 11) is 0. The first-order valence-corrected chi connectivity index (χ1v) is 5.56. The second kappa shape index (κ2) is 4.47. The molecule has 82 valence electrons. The van der Waals surface area contributed by atoms with Crippen LogP contribution in [-0.4, -0.2) is 17.1 Å². The van der Waals surface area contributed by atoms with E-state index >= 15 is 0 Å². The minimum Gasteiger partial charge on any atom is -0.351 e. The quantitative estimate of drug-likeness (QED) is 0.825. The average molecular weight is 208 g/mol. The largest absolute Gasteiger partial charge is 0.351 e. The van der Waals surface area contributed by atoms with Crippen LogP contribution in [0.5, 0.6) is 0 Å². The molecule has 0 aliphatic heterocycles. The minimum atomic E-state index is -0.130. The molecule has 0 atom stereocenters. The lowest BCUT2D eigenvalue weighted by molar-refractivity contribution is 0.0900. The van der Waals surface area contributed by atoms with Gasteiger partial charge in [0.25, 0.3) is 5.91 Å². The van der Waals surface area contributed by atoms with E-state index in [9.17, 15) is 4.79 Å². The fourth-order valence-electron chi connectivity index (χ4n) is 1.91. The van der Waals surface area contributed by atoms with Gasteiger partial charge in [-0.2, -0.15) is 0 Å². The van der Waals surface area contributed by atoms with E-state index in [-0.39, 0.29) is 5.91 Å². The van der Waals surface area contributed by atoms with Crippen molar-refractivity contribution in [2.24, 2.45) is 0 Å². The summed E-state index contributed by atoms with van der Waals surface area (Å²) in [5, 5.41) is 6.75. The zero-order valence-electron chi connectivity index (χ0n) is 8.95. The van der Waals surface area contributed by atoms with E-state index in [0.717, 1.165) is 25.0 Å². The van der Waals surface area contributed by atoms with Gasteiger partial charge in [0.1, 0.15) is 0 Å². The Morgan fingerprint density at radius 3 is 2.93 bits per heavy atom. The van der Waals surface area contributed by atoms with Gasteiger partial charge < -0.3 is 9.84 Å². The van der Waals surface area contributed by atoms with Crippen LogP contribution in [0.15, 0.2) is 10.6 Å². The second-order valence-corrected chi connectivity index (χ2v) is 3.99. The summed E-state index contributed by atoms with van der Waals surface area (Å²) in [5.74, 6) is 0.202. The lowest BCUT2D eigenvalue weighted by Gasteiger charge is -2.09. The number of hydrogen-bond donors (Lipinski definition) is 1. The van der Waals surface area contributed by atoms with Crippen LogP contribution in [0, 0.1) is 0 Å². The van der Waals surface area contributed by atoms with E-state index in [0.29, 0.717) is 11.8 Å². The second-order valence-electron chi connectivity index (χ2n) is 3.99. The zero-order valence-corrected chi connectivity index (χ0v) is 8.95. The SMILES string of the molecule is CCc1cc(C(=O)NC2CCCC2)on1. The van der Waals surface area contributed by atoms with Gasteiger partial charge in [-0.3, -0.25) is 4.79 Å². The molecule has 1 aliphatic carbocycles. The molecule has 0 radical (unpaired) electrons. The van der Waals surface area contributed by atoms with E-state index in [1.807, 2.05) is 6.92 Å². The van der Waals surface area contributed by atoms with Crippen molar-refractivity contribution in [1.82, 2.24) is 10.5 Å². The Bertz CT molecular complexity index is 340. The van der Waals surface area contributed by atoms with Crippen molar-refractivity contribution in [3.63, 3.8) is 0 Å². The van der Waals surface area contributed by atoms with Crippen molar-refractivity contribution in [2.45, 2.75) is 45.1 Å². The molecule has 0 saturated heterocycles. The highest BCUT2D eigenvalue weighted by atomic mass is 16.5. The summed E-state index contributed by atoms with van der Waals surface area (Å²) >= 11 is 0. The number of aryl methyl sites for hydroxylation is 1. The number of carbonyl (C=O) groups is 1. The minimum absolute atomic E-state index is 0.130. The Morgan fingerprint density at radius 1 is 1.60 bits per heavy atom. The predicted molar refractivity (Wildman–Crippen MR) is 55.6 cm³/mol. The van der Waals surface area contributed by atoms with Crippen LogP contribution in [0.25, 0.3) is 0 Å². The molecule has 0 bridgehead atoms. The topological polar surface area (TPSA) is 55.1 Å². The van der Waals surface area contributed by atoms with Crippen LogP contribution < -0.4 is 5.32 Å². The fourth-order valence-corrected chi connectivity index (χ4v) is 1.91. The molecule has 4 nitrogen and oxygen atoms in total. The van der Waals surface area contributed by atoms with E-state index in [1.54, 1.807) is 6.07 Å². The highest BCUT2D eigenvalue weighted by molar-refractivity contribution is 5.91. The van der Waals surface area contributed by atoms with Gasteiger partial charge in [0.15, 0.2) is 0 Å². The molecule has 1 saturated carbocycles. The molecule has 1 heterocycles. The standard InChI is InChI=1S/C11H16N2O2/c1-2-8-7-10(15-13-8)11(14)12-9-5-3-4-6-9/h7,9H,2-6H2,1H3,(H,12,14). The lowest BCUT2D eigenvalue weighted by Crippen LogP contribution is -2.32. The summed E-state index contributed by atoms with van der Waals surface area (Å²) in [5.41, 5.74) is 0.826. The first-order valence-electron chi connectivity index (χ1n) is 5.56. The Labute approximate surface area is 89.0 Å². The molecule has 2 rings (SSSR count). The molecule has 1 N–H and O–H groups in total. The van der Waals surface area contributed by atoms with E-state index < -0.39 is 0 Å². The normalized spacial score (nSPS) is 16.9. The fraction of sp³-hybridized carbons (Fsp3) is 0.636. The Morgan fingerprint density at radius 2 is 2.33 bits per heavy atom. The zero-order chi connectivity index (χ0) is 10.7. The van der Waals surface area contributed by atoms with Gasteiger partial charge in [-0.05, 0) is 19.3 Å². The highest BCUT2D eigenvalue weighted by Crippen LogP contribution is 2.18. The highest BCUT2D eigenvalue weighted by Gasteiger charge is 2.20. The third-order valence-electron chi connectivity index (χ3n) is 2.84. The number of rotatable bonds is 3. The van der Waals surface area contributed by atoms with Crippen LogP contribution in [0.2, 0.25) is 0 Å². The van der Waals surface area contributed by atoms with Gasteiger partial charge in [-0.25, -0.2) is 0 Å². The van der Waals surface area contributed by atoms with Gasteiger partial charge in [0.2, 0.25) is 5.76 Å². The van der Waals surface area contributed by atoms with Crippen LogP contribution in [-0.2, 0) is 6.42 Å². The van der Waals surface area contributed by atoms with Crippen molar-refractivity contribution in [3.05, 3.63) is 17.5 Å². The van der Waals surface area contributed by atoms with Gasteiger partial charge in [-0.15, -0.1) is 0 Å². The van der Waals surface area contributed by atoms with Gasteiger partial charge in [-0.1, -0.05) is 24.9 Å². The maximum absolute atomic E-state index is 11.7. The number of aromatic nitrogens is 1. The van der Waals surface area contributed by atoms with Crippen molar-refractivity contribution in [1.29, 1.82) is 0 Å². The molecule has 4 heteroatoms. The first kappa shape index (κ1) is 10.2. The van der Waals surface area contributed by atoms with Crippen molar-refractivity contribution in [3.8, 4) is 0 Å². The average Bonchev–Trinajstić information content (AvgIpc) is 2.86. The van der Waals surface area contributed by atoms with E-state index in [4.69, 9.17) is 4.52 Å². The third kappa shape index (κ3) is 2.37. The summed E-state index contributed by atoms with van der Waals surface area (Å²) < 4.78 is 4.97. The summed E-state index contributed by atoms with van der Waals surface area (Å²) in [6.45, 7) is 1.98. The van der Waals surface area contributed by atoms with Crippen molar-refractivity contribution in [2.75, 3.05) is 0 Å². The van der Waals surface area contributed by atoms with Crippen LogP contribution in [0.4, 0.5) is 0 Å². The molecule has 1 aromatic heterocycles. The van der Waals surface area contributed by atoms with Crippen molar-refractivity contribution >= 4 is 5.91 Å². The lowest BCUT2D eigenvalue weighted by atomic mass is 10.2. The van der Waals surface area contributed by atoms with Gasteiger partial charge in [0.05, 0.1) is 5.69 Å². The molecule has 1 amide bonds. The smallest absolute Gasteiger partial charge is 0.290 e. The van der Waals surface area contributed by atoms with Crippen LogP contribution >= 0.6 is 0 Å². The molecular formula is C11H16N2O2. The molecule has 15 heavy (non-hydrogen) atoms. The van der Waals surface area contributed by atoms with Crippen LogP contribution in [0.3, 0.4) is 0 Å². The van der Waals surface area contributed by atoms with Gasteiger partial charge in [0, 0.05) is 12.1 Å². The molecule has 1 aromatic rings. The van der Waals surface area contributed by atoms with Crippen LogP contribution in [0.1, 0.15) is 48.9 Å². The number of amides is 1. The molecule has 1 fully saturated rings. The summed E-state index contributed by atoms with van der Waals surface area (Å²) in [6, 6.07) is 2.04. The Hall–Kier alpha value is -1.32. The predicted octanol–water partition coefficient (Wildman–Crippen LogP) is 1.91. The Balaban J connectivity index is 1.94. The van der Waals surface area contributed by atoms with Gasteiger partial charge >= 0.3 is 0 Å². The third-order valence-corrected chi connectivity index (χ3v) is 2.84. The summed E-state index contributed by atoms with van der Waals surface area (Å²) in [4.78, 5) is 11.7. The maximum atomic E-state index is 11.7.